The number of benzene rings is 2. The minimum atomic E-state index is -0.540. The maximum Gasteiger partial charge on any atom is 0.231 e. The number of ether oxygens (including phenoxy) is 3. The lowest BCUT2D eigenvalue weighted by Crippen LogP contribution is -2.32. The molecule has 1 N–H and O–H groups in total. The van der Waals surface area contributed by atoms with Gasteiger partial charge < -0.3 is 19.3 Å². The molecule has 0 radical (unpaired) electrons. The molecular weight excluding hydrogens is 386 g/mol. The summed E-state index contributed by atoms with van der Waals surface area (Å²) in [6.07, 6.45) is -0.540. The maximum absolute atomic E-state index is 10.2. The van der Waals surface area contributed by atoms with E-state index >= 15 is 0 Å². The highest BCUT2D eigenvalue weighted by Crippen LogP contribution is 2.32. The van der Waals surface area contributed by atoms with Gasteiger partial charge in [-0.15, -0.1) is 0 Å². The van der Waals surface area contributed by atoms with Crippen LogP contribution in [0.2, 0.25) is 0 Å². The Labute approximate surface area is 156 Å². The number of likely N-dealkylation sites (N-methyl/N-ethyl adjacent to an activating group) is 1. The molecule has 0 fully saturated rings. The van der Waals surface area contributed by atoms with E-state index in [1.54, 1.807) is 0 Å². The van der Waals surface area contributed by atoms with Crippen LogP contribution < -0.4 is 9.47 Å². The molecule has 0 bridgehead atoms. The lowest BCUT2D eigenvalue weighted by molar-refractivity contribution is 0.0126. The van der Waals surface area contributed by atoms with Gasteiger partial charge in [0, 0.05) is 17.6 Å². The van der Waals surface area contributed by atoms with Crippen molar-refractivity contribution >= 4 is 15.9 Å². The molecule has 6 heteroatoms. The van der Waals surface area contributed by atoms with Crippen molar-refractivity contribution in [3.05, 3.63) is 58.1 Å². The SMILES string of the molecule is CN(Cc1ccccc1Br)CC(O)COCc1ccc2c(c1)OCO2. The highest BCUT2D eigenvalue weighted by molar-refractivity contribution is 9.10. The molecule has 134 valence electrons. The molecule has 1 aliphatic rings. The highest BCUT2D eigenvalue weighted by atomic mass is 79.9. The van der Waals surface area contributed by atoms with Gasteiger partial charge in [0.15, 0.2) is 11.5 Å². The minimum absolute atomic E-state index is 0.266. The minimum Gasteiger partial charge on any atom is -0.454 e. The average Bonchev–Trinajstić information content (AvgIpc) is 3.04. The smallest absolute Gasteiger partial charge is 0.231 e. The van der Waals surface area contributed by atoms with Crippen LogP contribution in [0.25, 0.3) is 0 Å². The van der Waals surface area contributed by atoms with E-state index in [-0.39, 0.29) is 13.4 Å². The zero-order valence-corrected chi connectivity index (χ0v) is 15.7. The number of rotatable bonds is 8. The number of hydrogen-bond donors (Lipinski definition) is 1. The van der Waals surface area contributed by atoms with Gasteiger partial charge in [-0.1, -0.05) is 40.2 Å². The number of halogens is 1. The topological polar surface area (TPSA) is 51.2 Å². The van der Waals surface area contributed by atoms with Crippen molar-refractivity contribution in [1.29, 1.82) is 0 Å². The summed E-state index contributed by atoms with van der Waals surface area (Å²) in [6, 6.07) is 13.8. The van der Waals surface area contributed by atoms with Gasteiger partial charge in [0.2, 0.25) is 6.79 Å². The summed E-state index contributed by atoms with van der Waals surface area (Å²) in [5, 5.41) is 10.2. The summed E-state index contributed by atoms with van der Waals surface area (Å²) >= 11 is 3.55. The van der Waals surface area contributed by atoms with Crippen LogP contribution in [0.3, 0.4) is 0 Å². The van der Waals surface area contributed by atoms with Crippen molar-refractivity contribution in [2.24, 2.45) is 0 Å². The van der Waals surface area contributed by atoms with Crippen LogP contribution in [0.15, 0.2) is 46.9 Å². The normalized spacial score (nSPS) is 14.1. The van der Waals surface area contributed by atoms with Crippen LogP contribution in [0.4, 0.5) is 0 Å². The number of fused-ring (bicyclic) bond motifs is 1. The molecule has 0 aromatic heterocycles. The average molecular weight is 408 g/mol. The zero-order chi connectivity index (χ0) is 17.6. The Bertz CT molecular complexity index is 710. The Balaban J connectivity index is 1.40. The van der Waals surface area contributed by atoms with Crippen molar-refractivity contribution in [2.45, 2.75) is 19.3 Å². The Morgan fingerprint density at radius 3 is 2.84 bits per heavy atom. The zero-order valence-electron chi connectivity index (χ0n) is 14.2. The van der Waals surface area contributed by atoms with Gasteiger partial charge >= 0.3 is 0 Å². The molecule has 0 aliphatic carbocycles. The van der Waals surface area contributed by atoms with Crippen LogP contribution in [-0.2, 0) is 17.9 Å². The van der Waals surface area contributed by atoms with Crippen molar-refractivity contribution in [3.8, 4) is 11.5 Å². The Morgan fingerprint density at radius 2 is 2.00 bits per heavy atom. The summed E-state index contributed by atoms with van der Waals surface area (Å²) in [5.41, 5.74) is 2.19. The van der Waals surface area contributed by atoms with Crippen molar-refractivity contribution in [2.75, 3.05) is 27.0 Å². The first-order valence-corrected chi connectivity index (χ1v) is 8.97. The van der Waals surface area contributed by atoms with E-state index in [1.807, 2.05) is 43.4 Å². The second kappa shape index (κ2) is 8.67. The second-order valence-electron chi connectivity index (χ2n) is 6.14. The van der Waals surface area contributed by atoms with Gasteiger partial charge in [0.25, 0.3) is 0 Å². The first kappa shape index (κ1) is 18.2. The number of nitrogens with zero attached hydrogens (tertiary/aromatic N) is 1. The van der Waals surface area contributed by atoms with Gasteiger partial charge in [-0.2, -0.15) is 0 Å². The summed E-state index contributed by atoms with van der Waals surface area (Å²) in [6.45, 7) is 2.29. The molecule has 1 aliphatic heterocycles. The molecule has 1 unspecified atom stereocenters. The fraction of sp³-hybridized carbons (Fsp3) is 0.368. The van der Waals surface area contributed by atoms with E-state index < -0.39 is 6.10 Å². The number of aliphatic hydroxyl groups excluding tert-OH is 1. The van der Waals surface area contributed by atoms with Gasteiger partial charge in [0.05, 0.1) is 19.3 Å². The lowest BCUT2D eigenvalue weighted by atomic mass is 10.2. The third-order valence-corrected chi connectivity index (χ3v) is 4.71. The van der Waals surface area contributed by atoms with Crippen LogP contribution in [-0.4, -0.2) is 43.1 Å². The Morgan fingerprint density at radius 1 is 1.20 bits per heavy atom. The van der Waals surface area contributed by atoms with Crippen molar-refractivity contribution < 1.29 is 19.3 Å². The van der Waals surface area contributed by atoms with E-state index in [0.29, 0.717) is 13.2 Å². The third kappa shape index (κ3) is 5.19. The molecule has 0 amide bonds. The molecule has 1 heterocycles. The van der Waals surface area contributed by atoms with Gasteiger partial charge in [-0.05, 0) is 36.4 Å². The second-order valence-corrected chi connectivity index (χ2v) is 7.00. The molecular formula is C19H22BrNO4. The predicted octanol–water partition coefficient (Wildman–Crippen LogP) is 3.19. The van der Waals surface area contributed by atoms with Gasteiger partial charge in [0.1, 0.15) is 0 Å². The first-order valence-electron chi connectivity index (χ1n) is 8.18. The van der Waals surface area contributed by atoms with Crippen molar-refractivity contribution in [1.82, 2.24) is 4.90 Å². The fourth-order valence-electron chi connectivity index (χ4n) is 2.74. The van der Waals surface area contributed by atoms with E-state index in [0.717, 1.165) is 28.1 Å². The highest BCUT2D eigenvalue weighted by Gasteiger charge is 2.14. The molecule has 0 saturated carbocycles. The van der Waals surface area contributed by atoms with Crippen LogP contribution >= 0.6 is 15.9 Å². The summed E-state index contributed by atoms with van der Waals surface area (Å²) in [7, 11) is 1.99. The maximum atomic E-state index is 10.2. The molecule has 1 atom stereocenters. The van der Waals surface area contributed by atoms with Crippen LogP contribution in [0, 0.1) is 0 Å². The lowest BCUT2D eigenvalue weighted by Gasteiger charge is -2.21. The monoisotopic (exact) mass is 407 g/mol. The standard InChI is InChI=1S/C19H22BrNO4/c1-21(9-15-4-2-3-5-17(15)20)10-16(22)12-23-11-14-6-7-18-19(8-14)25-13-24-18/h2-8,16,22H,9-13H2,1H3. The summed E-state index contributed by atoms with van der Waals surface area (Å²) in [5.74, 6) is 1.51. The molecule has 5 nitrogen and oxygen atoms in total. The molecule has 3 rings (SSSR count). The Hall–Kier alpha value is -1.60. The predicted molar refractivity (Wildman–Crippen MR) is 98.7 cm³/mol. The largest absolute Gasteiger partial charge is 0.454 e. The molecule has 2 aromatic rings. The molecule has 0 spiro atoms. The molecule has 0 saturated heterocycles. The molecule has 25 heavy (non-hydrogen) atoms. The quantitative estimate of drug-likeness (QED) is 0.727. The van der Waals surface area contributed by atoms with E-state index in [2.05, 4.69) is 26.9 Å². The van der Waals surface area contributed by atoms with Crippen LogP contribution in [0.5, 0.6) is 11.5 Å². The molecule has 2 aromatic carbocycles. The number of aliphatic hydroxyl groups is 1. The third-order valence-electron chi connectivity index (χ3n) is 3.94. The summed E-state index contributed by atoms with van der Waals surface area (Å²) in [4.78, 5) is 2.08. The number of hydrogen-bond acceptors (Lipinski definition) is 5. The summed E-state index contributed by atoms with van der Waals surface area (Å²) < 4.78 is 17.3. The van der Waals surface area contributed by atoms with Crippen LogP contribution in [0.1, 0.15) is 11.1 Å². The Kier molecular flexibility index (Phi) is 6.31. The van der Waals surface area contributed by atoms with Gasteiger partial charge in [-0.25, -0.2) is 0 Å². The van der Waals surface area contributed by atoms with Crippen molar-refractivity contribution in [3.63, 3.8) is 0 Å². The van der Waals surface area contributed by atoms with Gasteiger partial charge in [-0.3, -0.25) is 4.90 Å². The first-order chi connectivity index (χ1) is 12.1. The van der Waals surface area contributed by atoms with E-state index in [4.69, 9.17) is 14.2 Å². The fourth-order valence-corrected chi connectivity index (χ4v) is 3.15. The van der Waals surface area contributed by atoms with E-state index in [9.17, 15) is 5.11 Å². The van der Waals surface area contributed by atoms with E-state index in [1.165, 1.54) is 5.56 Å².